The monoisotopic (exact) mass is 328 g/mol. The summed E-state index contributed by atoms with van der Waals surface area (Å²) in [5.74, 6) is -0.529. The zero-order valence-corrected chi connectivity index (χ0v) is 13.0. The van der Waals surface area contributed by atoms with E-state index in [1.54, 1.807) is 23.4 Å². The van der Waals surface area contributed by atoms with E-state index in [4.69, 9.17) is 0 Å². The first-order chi connectivity index (χ1) is 11.6. The fourth-order valence-electron chi connectivity index (χ4n) is 2.70. The van der Waals surface area contributed by atoms with Gasteiger partial charge in [0.2, 0.25) is 11.9 Å². The summed E-state index contributed by atoms with van der Waals surface area (Å²) in [6.07, 6.45) is 4.27. The molecule has 124 valence electrons. The van der Waals surface area contributed by atoms with E-state index in [0.29, 0.717) is 31.5 Å². The number of nitrogens with zero attached hydrogens (tertiary/aromatic N) is 3. The van der Waals surface area contributed by atoms with Crippen molar-refractivity contribution in [1.82, 2.24) is 14.9 Å². The molecule has 0 radical (unpaired) electrons. The van der Waals surface area contributed by atoms with Gasteiger partial charge in [-0.15, -0.1) is 0 Å². The van der Waals surface area contributed by atoms with Gasteiger partial charge in [-0.05, 0) is 43.2 Å². The van der Waals surface area contributed by atoms with Crippen LogP contribution in [-0.4, -0.2) is 39.8 Å². The van der Waals surface area contributed by atoms with Crippen LogP contribution in [0.15, 0.2) is 42.7 Å². The molecule has 1 aromatic carbocycles. The molecule has 1 aromatic heterocycles. The zero-order valence-electron chi connectivity index (χ0n) is 13.0. The van der Waals surface area contributed by atoms with Crippen molar-refractivity contribution in [2.75, 3.05) is 18.4 Å². The SMILES string of the molecule is O=C(Nc1ncccn1)C1CCN(C(=O)c2ccc(F)cc2)CC1. The number of piperidine rings is 1. The average molecular weight is 328 g/mol. The van der Waals surface area contributed by atoms with E-state index in [1.807, 2.05) is 0 Å². The number of carbonyl (C=O) groups is 2. The van der Waals surface area contributed by atoms with Gasteiger partial charge in [0, 0.05) is 37.0 Å². The summed E-state index contributed by atoms with van der Waals surface area (Å²) in [6, 6.07) is 7.17. The first-order valence-corrected chi connectivity index (χ1v) is 7.76. The number of amides is 2. The molecule has 6 nitrogen and oxygen atoms in total. The van der Waals surface area contributed by atoms with Crippen molar-refractivity contribution in [1.29, 1.82) is 0 Å². The molecular formula is C17H17FN4O2. The minimum absolute atomic E-state index is 0.130. The zero-order chi connectivity index (χ0) is 16.9. The van der Waals surface area contributed by atoms with Gasteiger partial charge in [0.1, 0.15) is 5.82 Å². The molecule has 24 heavy (non-hydrogen) atoms. The Balaban J connectivity index is 1.54. The van der Waals surface area contributed by atoms with Crippen molar-refractivity contribution in [2.24, 2.45) is 5.92 Å². The standard InChI is InChI=1S/C17H17FN4O2/c18-14-4-2-13(3-5-14)16(24)22-10-6-12(7-11-22)15(23)21-17-19-8-1-9-20-17/h1-5,8-9,12H,6-7,10-11H2,(H,19,20,21,23). The van der Waals surface area contributed by atoms with Crippen molar-refractivity contribution in [3.8, 4) is 0 Å². The number of carbonyl (C=O) groups excluding carboxylic acids is 2. The number of anilines is 1. The minimum atomic E-state index is -0.370. The molecule has 3 rings (SSSR count). The summed E-state index contributed by atoms with van der Waals surface area (Å²) in [7, 11) is 0. The Morgan fingerprint density at radius 3 is 2.33 bits per heavy atom. The average Bonchev–Trinajstić information content (AvgIpc) is 2.63. The van der Waals surface area contributed by atoms with Gasteiger partial charge in [0.15, 0.2) is 0 Å². The van der Waals surface area contributed by atoms with Crippen LogP contribution in [0.5, 0.6) is 0 Å². The molecule has 1 saturated heterocycles. The van der Waals surface area contributed by atoms with Gasteiger partial charge in [-0.2, -0.15) is 0 Å². The van der Waals surface area contributed by atoms with Crippen LogP contribution in [0.4, 0.5) is 10.3 Å². The Labute approximate surface area is 138 Å². The predicted octanol–water partition coefficient (Wildman–Crippen LogP) is 2.11. The topological polar surface area (TPSA) is 75.2 Å². The summed E-state index contributed by atoms with van der Waals surface area (Å²) in [4.78, 5) is 34.2. The quantitative estimate of drug-likeness (QED) is 0.936. The second kappa shape index (κ2) is 7.16. The lowest BCUT2D eigenvalue weighted by atomic mass is 9.95. The summed E-state index contributed by atoms with van der Waals surface area (Å²) in [5, 5.41) is 2.69. The van der Waals surface area contributed by atoms with E-state index in [0.717, 1.165) is 0 Å². The maximum Gasteiger partial charge on any atom is 0.253 e. The molecule has 1 N–H and O–H groups in total. The Kier molecular flexibility index (Phi) is 4.79. The minimum Gasteiger partial charge on any atom is -0.339 e. The number of hydrogen-bond donors (Lipinski definition) is 1. The van der Waals surface area contributed by atoms with Gasteiger partial charge in [-0.1, -0.05) is 0 Å². The number of rotatable bonds is 3. The maximum atomic E-state index is 12.9. The third-order valence-electron chi connectivity index (χ3n) is 4.04. The molecule has 0 spiro atoms. The second-order valence-corrected chi connectivity index (χ2v) is 5.64. The highest BCUT2D eigenvalue weighted by atomic mass is 19.1. The molecule has 0 saturated carbocycles. The third kappa shape index (κ3) is 3.73. The Bertz CT molecular complexity index is 713. The van der Waals surface area contributed by atoms with E-state index in [-0.39, 0.29) is 29.5 Å². The van der Waals surface area contributed by atoms with E-state index >= 15 is 0 Å². The fraction of sp³-hybridized carbons (Fsp3) is 0.294. The van der Waals surface area contributed by atoms with Gasteiger partial charge in [-0.3, -0.25) is 14.9 Å². The van der Waals surface area contributed by atoms with Crippen molar-refractivity contribution < 1.29 is 14.0 Å². The van der Waals surface area contributed by atoms with Gasteiger partial charge < -0.3 is 4.90 Å². The van der Waals surface area contributed by atoms with Gasteiger partial charge in [0.05, 0.1) is 0 Å². The molecule has 2 aromatic rings. The number of benzene rings is 1. The summed E-state index contributed by atoms with van der Waals surface area (Å²) < 4.78 is 12.9. The van der Waals surface area contributed by atoms with E-state index in [9.17, 15) is 14.0 Å². The Hall–Kier alpha value is -2.83. The van der Waals surface area contributed by atoms with E-state index < -0.39 is 0 Å². The lowest BCUT2D eigenvalue weighted by molar-refractivity contribution is -0.121. The molecule has 0 unspecified atom stereocenters. The van der Waals surface area contributed by atoms with Crippen LogP contribution in [-0.2, 0) is 4.79 Å². The lowest BCUT2D eigenvalue weighted by Gasteiger charge is -2.31. The molecule has 2 heterocycles. The lowest BCUT2D eigenvalue weighted by Crippen LogP contribution is -2.41. The number of likely N-dealkylation sites (tertiary alicyclic amines) is 1. The summed E-state index contributed by atoms with van der Waals surface area (Å²) in [5.41, 5.74) is 0.456. The normalized spacial score (nSPS) is 15.1. The van der Waals surface area contributed by atoms with Crippen molar-refractivity contribution >= 4 is 17.8 Å². The van der Waals surface area contributed by atoms with Crippen molar-refractivity contribution in [3.63, 3.8) is 0 Å². The highest BCUT2D eigenvalue weighted by Gasteiger charge is 2.28. The molecule has 0 bridgehead atoms. The van der Waals surface area contributed by atoms with Crippen LogP contribution in [0.25, 0.3) is 0 Å². The molecule has 7 heteroatoms. The smallest absolute Gasteiger partial charge is 0.253 e. The van der Waals surface area contributed by atoms with Gasteiger partial charge >= 0.3 is 0 Å². The van der Waals surface area contributed by atoms with Crippen LogP contribution in [0.2, 0.25) is 0 Å². The van der Waals surface area contributed by atoms with Crippen LogP contribution >= 0.6 is 0 Å². The number of hydrogen-bond acceptors (Lipinski definition) is 4. The second-order valence-electron chi connectivity index (χ2n) is 5.64. The summed E-state index contributed by atoms with van der Waals surface area (Å²) >= 11 is 0. The molecule has 0 aliphatic carbocycles. The molecule has 1 fully saturated rings. The van der Waals surface area contributed by atoms with Crippen molar-refractivity contribution in [2.45, 2.75) is 12.8 Å². The van der Waals surface area contributed by atoms with Crippen LogP contribution in [0, 0.1) is 11.7 Å². The fourth-order valence-corrected chi connectivity index (χ4v) is 2.70. The number of nitrogens with one attached hydrogen (secondary N) is 1. The molecule has 0 atom stereocenters. The first kappa shape index (κ1) is 16.0. The van der Waals surface area contributed by atoms with Crippen LogP contribution in [0.3, 0.4) is 0 Å². The van der Waals surface area contributed by atoms with Gasteiger partial charge in [-0.25, -0.2) is 14.4 Å². The number of aromatic nitrogens is 2. The van der Waals surface area contributed by atoms with Gasteiger partial charge in [0.25, 0.3) is 5.91 Å². The maximum absolute atomic E-state index is 12.9. The van der Waals surface area contributed by atoms with Crippen LogP contribution in [0.1, 0.15) is 23.2 Å². The molecule has 1 aliphatic rings. The largest absolute Gasteiger partial charge is 0.339 e. The number of halogens is 1. The summed E-state index contributed by atoms with van der Waals surface area (Å²) in [6.45, 7) is 0.980. The Morgan fingerprint density at radius 2 is 1.71 bits per heavy atom. The highest BCUT2D eigenvalue weighted by molar-refractivity contribution is 5.95. The Morgan fingerprint density at radius 1 is 1.08 bits per heavy atom. The van der Waals surface area contributed by atoms with E-state index in [2.05, 4.69) is 15.3 Å². The first-order valence-electron chi connectivity index (χ1n) is 7.76. The van der Waals surface area contributed by atoms with E-state index in [1.165, 1.54) is 24.3 Å². The molecular weight excluding hydrogens is 311 g/mol. The molecule has 1 aliphatic heterocycles. The van der Waals surface area contributed by atoms with Crippen molar-refractivity contribution in [3.05, 3.63) is 54.1 Å². The van der Waals surface area contributed by atoms with Crippen LogP contribution < -0.4 is 5.32 Å². The predicted molar refractivity (Wildman–Crippen MR) is 85.7 cm³/mol. The molecule has 2 amide bonds. The third-order valence-corrected chi connectivity index (χ3v) is 4.04. The highest BCUT2D eigenvalue weighted by Crippen LogP contribution is 2.20.